The van der Waals surface area contributed by atoms with Crippen LogP contribution < -0.4 is 10.6 Å². The number of carbonyl (C=O) groups excluding carboxylic acids is 1. The van der Waals surface area contributed by atoms with E-state index in [4.69, 9.17) is 0 Å². The van der Waals surface area contributed by atoms with E-state index in [0.717, 1.165) is 25.2 Å². The number of unbranched alkanes of at least 4 members (excludes halogenated alkanes) is 1. The van der Waals surface area contributed by atoms with Crippen LogP contribution in [0.25, 0.3) is 0 Å². The highest BCUT2D eigenvalue weighted by atomic mass is 16.1. The van der Waals surface area contributed by atoms with Crippen molar-refractivity contribution in [3.05, 3.63) is 17.6 Å². The third kappa shape index (κ3) is 5.68. The van der Waals surface area contributed by atoms with E-state index in [1.165, 1.54) is 0 Å². The average Bonchev–Trinajstić information content (AvgIpc) is 2.35. The lowest BCUT2D eigenvalue weighted by Crippen LogP contribution is -2.28. The van der Waals surface area contributed by atoms with E-state index in [9.17, 15) is 4.79 Å². The van der Waals surface area contributed by atoms with E-state index in [1.807, 2.05) is 0 Å². The van der Waals surface area contributed by atoms with Gasteiger partial charge < -0.3 is 10.6 Å². The predicted molar refractivity (Wildman–Crippen MR) is 77.3 cm³/mol. The fourth-order valence-corrected chi connectivity index (χ4v) is 1.56. The highest BCUT2D eigenvalue weighted by Crippen LogP contribution is 2.07. The van der Waals surface area contributed by atoms with Gasteiger partial charge in [0.2, 0.25) is 0 Å². The van der Waals surface area contributed by atoms with Crippen LogP contribution in [0.15, 0.2) is 6.07 Å². The van der Waals surface area contributed by atoms with Gasteiger partial charge in [0.25, 0.3) is 5.91 Å². The number of hydrogen-bond acceptors (Lipinski definition) is 4. The quantitative estimate of drug-likeness (QED) is 0.742. The zero-order chi connectivity index (χ0) is 14.3. The number of nitrogens with zero attached hydrogens (tertiary/aromatic N) is 2. The smallest absolute Gasteiger partial charge is 0.270 e. The number of hydrogen-bond donors (Lipinski definition) is 2. The molecule has 5 nitrogen and oxygen atoms in total. The molecule has 0 atom stereocenters. The van der Waals surface area contributed by atoms with E-state index in [1.54, 1.807) is 13.0 Å². The molecule has 0 saturated heterocycles. The maximum atomic E-state index is 12.0. The molecular formula is C14H24N4O. The van der Waals surface area contributed by atoms with Gasteiger partial charge in [0.1, 0.15) is 17.3 Å². The van der Waals surface area contributed by atoms with Crippen LogP contribution in [0.2, 0.25) is 0 Å². The lowest BCUT2D eigenvalue weighted by Gasteiger charge is -2.10. The highest BCUT2D eigenvalue weighted by molar-refractivity contribution is 5.92. The molecule has 5 heteroatoms. The maximum Gasteiger partial charge on any atom is 0.270 e. The Hall–Kier alpha value is -1.65. The summed E-state index contributed by atoms with van der Waals surface area (Å²) in [5.74, 6) is 1.61. The summed E-state index contributed by atoms with van der Waals surface area (Å²) in [5, 5.41) is 6.08. The standard InChI is InChI=1S/C14H24N4O/c1-5-6-7-15-13-8-12(17-11(4)18-13)14(19)16-9-10(2)3/h8,10H,5-7,9H2,1-4H3,(H,16,19)(H,15,17,18). The zero-order valence-electron chi connectivity index (χ0n) is 12.3. The van der Waals surface area contributed by atoms with Crippen LogP contribution in [0.1, 0.15) is 49.9 Å². The Bertz CT molecular complexity index is 418. The Morgan fingerprint density at radius 3 is 2.74 bits per heavy atom. The van der Waals surface area contributed by atoms with Crippen molar-refractivity contribution >= 4 is 11.7 Å². The molecule has 0 aliphatic carbocycles. The fourth-order valence-electron chi connectivity index (χ4n) is 1.56. The number of carbonyl (C=O) groups is 1. The molecular weight excluding hydrogens is 240 g/mol. The second kappa shape index (κ2) is 7.71. The molecule has 2 N–H and O–H groups in total. The summed E-state index contributed by atoms with van der Waals surface area (Å²) in [6.45, 7) is 9.56. The molecule has 0 unspecified atom stereocenters. The molecule has 1 rings (SSSR count). The molecule has 0 bridgehead atoms. The first-order chi connectivity index (χ1) is 9.02. The van der Waals surface area contributed by atoms with Gasteiger partial charge in [-0.1, -0.05) is 27.2 Å². The minimum atomic E-state index is -0.141. The highest BCUT2D eigenvalue weighted by Gasteiger charge is 2.10. The van der Waals surface area contributed by atoms with Crippen LogP contribution in [-0.2, 0) is 0 Å². The molecule has 19 heavy (non-hydrogen) atoms. The maximum absolute atomic E-state index is 12.0. The number of nitrogens with one attached hydrogen (secondary N) is 2. The predicted octanol–water partition coefficient (Wildman–Crippen LogP) is 2.38. The van der Waals surface area contributed by atoms with Gasteiger partial charge in [-0.3, -0.25) is 4.79 Å². The number of amides is 1. The summed E-state index contributed by atoms with van der Waals surface area (Å²) >= 11 is 0. The molecule has 0 radical (unpaired) electrons. The van der Waals surface area contributed by atoms with Crippen LogP contribution >= 0.6 is 0 Å². The molecule has 0 saturated carbocycles. The Morgan fingerprint density at radius 2 is 2.11 bits per heavy atom. The molecule has 106 valence electrons. The number of rotatable bonds is 7. The monoisotopic (exact) mass is 264 g/mol. The lowest BCUT2D eigenvalue weighted by atomic mass is 10.2. The van der Waals surface area contributed by atoms with E-state index in [0.29, 0.717) is 24.0 Å². The Labute approximate surface area is 115 Å². The normalized spacial score (nSPS) is 10.6. The summed E-state index contributed by atoms with van der Waals surface area (Å²) in [6, 6.07) is 1.71. The van der Waals surface area contributed by atoms with Crippen LogP contribution in [0.5, 0.6) is 0 Å². The van der Waals surface area contributed by atoms with Crippen LogP contribution in [0.4, 0.5) is 5.82 Å². The van der Waals surface area contributed by atoms with E-state index in [2.05, 4.69) is 41.4 Å². The minimum Gasteiger partial charge on any atom is -0.370 e. The largest absolute Gasteiger partial charge is 0.370 e. The first-order valence-corrected chi connectivity index (χ1v) is 6.90. The summed E-state index contributed by atoms with van der Waals surface area (Å²) in [5.41, 5.74) is 0.423. The van der Waals surface area contributed by atoms with Gasteiger partial charge in [0.15, 0.2) is 0 Å². The summed E-state index contributed by atoms with van der Waals surface area (Å²) < 4.78 is 0. The molecule has 1 aromatic heterocycles. The third-order valence-corrected chi connectivity index (χ3v) is 2.58. The second-order valence-corrected chi connectivity index (χ2v) is 5.07. The van der Waals surface area contributed by atoms with Crippen LogP contribution in [0.3, 0.4) is 0 Å². The Kier molecular flexibility index (Phi) is 6.25. The first-order valence-electron chi connectivity index (χ1n) is 6.90. The topological polar surface area (TPSA) is 66.9 Å². The van der Waals surface area contributed by atoms with Crippen LogP contribution in [-0.4, -0.2) is 29.0 Å². The molecule has 0 aliphatic heterocycles. The van der Waals surface area contributed by atoms with Crippen molar-refractivity contribution in [1.29, 1.82) is 0 Å². The molecule has 0 fully saturated rings. The van der Waals surface area contributed by atoms with Gasteiger partial charge in [-0.25, -0.2) is 9.97 Å². The first kappa shape index (κ1) is 15.4. The van der Waals surface area contributed by atoms with Crippen LogP contribution in [0, 0.1) is 12.8 Å². The molecule has 0 spiro atoms. The number of aromatic nitrogens is 2. The SMILES string of the molecule is CCCCNc1cc(C(=O)NCC(C)C)nc(C)n1. The minimum absolute atomic E-state index is 0.141. The van der Waals surface area contributed by atoms with E-state index in [-0.39, 0.29) is 5.91 Å². The van der Waals surface area contributed by atoms with Crippen molar-refractivity contribution < 1.29 is 4.79 Å². The summed E-state index contributed by atoms with van der Waals surface area (Å²) in [4.78, 5) is 20.4. The van der Waals surface area contributed by atoms with Gasteiger partial charge >= 0.3 is 0 Å². The molecule has 0 aromatic carbocycles. The van der Waals surface area contributed by atoms with Crippen molar-refractivity contribution in [3.63, 3.8) is 0 Å². The molecule has 1 aromatic rings. The van der Waals surface area contributed by atoms with Gasteiger partial charge in [-0.2, -0.15) is 0 Å². The van der Waals surface area contributed by atoms with Gasteiger partial charge in [-0.15, -0.1) is 0 Å². The van der Waals surface area contributed by atoms with Gasteiger partial charge in [0, 0.05) is 19.2 Å². The third-order valence-electron chi connectivity index (χ3n) is 2.58. The summed E-state index contributed by atoms with van der Waals surface area (Å²) in [7, 11) is 0. The van der Waals surface area contributed by atoms with Crippen molar-refractivity contribution in [2.45, 2.75) is 40.5 Å². The van der Waals surface area contributed by atoms with Crippen molar-refractivity contribution in [3.8, 4) is 0 Å². The molecule has 1 amide bonds. The zero-order valence-corrected chi connectivity index (χ0v) is 12.3. The average molecular weight is 264 g/mol. The number of anilines is 1. The Balaban J connectivity index is 2.69. The van der Waals surface area contributed by atoms with E-state index >= 15 is 0 Å². The lowest BCUT2D eigenvalue weighted by molar-refractivity contribution is 0.0943. The molecule has 0 aliphatic rings. The summed E-state index contributed by atoms with van der Waals surface area (Å²) in [6.07, 6.45) is 2.21. The van der Waals surface area contributed by atoms with Crippen molar-refractivity contribution in [1.82, 2.24) is 15.3 Å². The number of aryl methyl sites for hydroxylation is 1. The van der Waals surface area contributed by atoms with Crippen molar-refractivity contribution in [2.75, 3.05) is 18.4 Å². The van der Waals surface area contributed by atoms with Gasteiger partial charge in [-0.05, 0) is 19.3 Å². The molecule has 1 heterocycles. The fraction of sp³-hybridized carbons (Fsp3) is 0.643. The van der Waals surface area contributed by atoms with Gasteiger partial charge in [0.05, 0.1) is 0 Å². The Morgan fingerprint density at radius 1 is 1.37 bits per heavy atom. The van der Waals surface area contributed by atoms with E-state index < -0.39 is 0 Å². The van der Waals surface area contributed by atoms with Crippen molar-refractivity contribution in [2.24, 2.45) is 5.92 Å². The second-order valence-electron chi connectivity index (χ2n) is 5.07.